The second-order valence-electron chi connectivity index (χ2n) is 4.29. The third kappa shape index (κ3) is 7.28. The third-order valence-electron chi connectivity index (χ3n) is 2.74. The maximum atomic E-state index is 10.9. The van der Waals surface area contributed by atoms with Gasteiger partial charge in [0.2, 0.25) is 0 Å². The molecule has 0 aromatic rings. The summed E-state index contributed by atoms with van der Waals surface area (Å²) in [6.45, 7) is 8.92. The zero-order valence-electron chi connectivity index (χ0n) is 13.1. The number of allylic oxidation sites excluding steroid dienone is 5. The Morgan fingerprint density at radius 1 is 1.05 bits per heavy atom. The summed E-state index contributed by atoms with van der Waals surface area (Å²) in [5.74, 6) is -1.18. The van der Waals surface area contributed by atoms with Crippen LogP contribution in [0.4, 0.5) is 0 Å². The smallest absolute Gasteiger partial charge is 0.335 e. The van der Waals surface area contributed by atoms with E-state index in [2.05, 4.69) is 6.58 Å². The van der Waals surface area contributed by atoms with Crippen molar-refractivity contribution in [3.8, 4) is 0 Å². The molecule has 2 N–H and O–H groups in total. The average molecular weight is 306 g/mol. The van der Waals surface area contributed by atoms with Crippen LogP contribution in [0.5, 0.6) is 0 Å². The molecule has 0 saturated carbocycles. The van der Waals surface area contributed by atoms with E-state index >= 15 is 0 Å². The van der Waals surface area contributed by atoms with Crippen LogP contribution < -0.4 is 0 Å². The summed E-state index contributed by atoms with van der Waals surface area (Å²) in [4.78, 5) is 21.7. The van der Waals surface area contributed by atoms with Gasteiger partial charge in [0, 0.05) is 12.0 Å². The molecule has 0 aromatic heterocycles. The molecule has 0 bridgehead atoms. The van der Waals surface area contributed by atoms with E-state index in [1.54, 1.807) is 19.9 Å². The molecule has 0 aliphatic heterocycles. The lowest BCUT2D eigenvalue weighted by molar-refractivity contribution is -0.133. The first kappa shape index (κ1) is 19.4. The van der Waals surface area contributed by atoms with Crippen molar-refractivity contribution in [3.63, 3.8) is 0 Å². The predicted molar refractivity (Wildman–Crippen MR) is 85.1 cm³/mol. The van der Waals surface area contributed by atoms with Gasteiger partial charge >= 0.3 is 11.9 Å². The van der Waals surface area contributed by atoms with Crippen LogP contribution >= 0.6 is 0 Å². The monoisotopic (exact) mass is 306 g/mol. The van der Waals surface area contributed by atoms with Crippen LogP contribution in [0.2, 0.25) is 0 Å². The highest BCUT2D eigenvalue weighted by molar-refractivity contribution is 5.89. The van der Waals surface area contributed by atoms with E-state index in [9.17, 15) is 9.59 Å². The average Bonchev–Trinajstić information content (AvgIpc) is 2.46. The molecule has 5 heteroatoms. The minimum atomic E-state index is -1.03. The Bertz CT molecular complexity index is 547. The summed E-state index contributed by atoms with van der Waals surface area (Å²) >= 11 is 0. The van der Waals surface area contributed by atoms with Crippen LogP contribution in [0.15, 0.2) is 59.6 Å². The van der Waals surface area contributed by atoms with Crippen LogP contribution in [0.1, 0.15) is 33.6 Å². The minimum Gasteiger partial charge on any atom is -0.478 e. The molecule has 0 aromatic carbocycles. The Morgan fingerprint density at radius 3 is 2.09 bits per heavy atom. The Kier molecular flexibility index (Phi) is 9.02. The standard InChI is InChI=1S/C17H22O5/c1-5-13(16(18)19)9-8-12(4)22-15(7-3)11-10-14(6-2)17(20)21/h5,8-11H,4,6-7H2,1-3H3,(H,18,19)(H,20,21)/b9-8-,13-5+,14-10+,15-11+. The second kappa shape index (κ2) is 10.2. The molecule has 0 aliphatic carbocycles. The molecule has 22 heavy (non-hydrogen) atoms. The van der Waals surface area contributed by atoms with E-state index in [-0.39, 0.29) is 16.9 Å². The molecule has 0 atom stereocenters. The number of aliphatic carboxylic acids is 2. The lowest BCUT2D eigenvalue weighted by Gasteiger charge is -2.07. The number of carboxylic acids is 2. The Balaban J connectivity index is 4.95. The van der Waals surface area contributed by atoms with Crippen molar-refractivity contribution in [2.75, 3.05) is 0 Å². The maximum absolute atomic E-state index is 10.9. The first-order chi connectivity index (χ1) is 10.3. The van der Waals surface area contributed by atoms with E-state index in [0.29, 0.717) is 18.6 Å². The molecule has 0 spiro atoms. The molecule has 0 radical (unpaired) electrons. The van der Waals surface area contributed by atoms with Crippen LogP contribution in [0, 0.1) is 0 Å². The number of ether oxygens (including phenoxy) is 1. The highest BCUT2D eigenvalue weighted by Crippen LogP contribution is 2.12. The highest BCUT2D eigenvalue weighted by atomic mass is 16.5. The number of carbonyl (C=O) groups is 2. The van der Waals surface area contributed by atoms with Gasteiger partial charge in [-0.3, -0.25) is 0 Å². The summed E-state index contributed by atoms with van der Waals surface area (Å²) in [5.41, 5.74) is 0.406. The zero-order valence-corrected chi connectivity index (χ0v) is 13.1. The van der Waals surface area contributed by atoms with E-state index in [1.165, 1.54) is 24.3 Å². The molecular formula is C17H22O5. The Labute approximate surface area is 130 Å². The molecule has 0 unspecified atom stereocenters. The highest BCUT2D eigenvalue weighted by Gasteiger charge is 2.04. The minimum absolute atomic E-state index is 0.130. The zero-order chi connectivity index (χ0) is 17.1. The van der Waals surface area contributed by atoms with Gasteiger partial charge in [0.1, 0.15) is 11.5 Å². The fourth-order valence-corrected chi connectivity index (χ4v) is 1.43. The maximum Gasteiger partial charge on any atom is 0.335 e. The summed E-state index contributed by atoms with van der Waals surface area (Å²) in [5, 5.41) is 17.8. The number of hydrogen-bond acceptors (Lipinski definition) is 3. The normalized spacial score (nSPS) is 13.3. The predicted octanol–water partition coefficient (Wildman–Crippen LogP) is 3.82. The third-order valence-corrected chi connectivity index (χ3v) is 2.74. The van der Waals surface area contributed by atoms with Crippen LogP contribution in [-0.4, -0.2) is 22.2 Å². The molecule has 0 aliphatic rings. The van der Waals surface area contributed by atoms with Crippen molar-refractivity contribution < 1.29 is 24.5 Å². The molecule has 0 heterocycles. The number of rotatable bonds is 9. The van der Waals surface area contributed by atoms with Gasteiger partial charge in [0.25, 0.3) is 0 Å². The molecule has 5 nitrogen and oxygen atoms in total. The van der Waals surface area contributed by atoms with Crippen molar-refractivity contribution in [2.24, 2.45) is 0 Å². The van der Waals surface area contributed by atoms with E-state index in [1.807, 2.05) is 6.92 Å². The molecular weight excluding hydrogens is 284 g/mol. The fourth-order valence-electron chi connectivity index (χ4n) is 1.43. The van der Waals surface area contributed by atoms with Gasteiger partial charge in [-0.25, -0.2) is 9.59 Å². The molecule has 0 amide bonds. The van der Waals surface area contributed by atoms with Crippen molar-refractivity contribution in [1.82, 2.24) is 0 Å². The number of carboxylic acid groups (broad SMARTS) is 2. The van der Waals surface area contributed by atoms with Crippen LogP contribution in [0.25, 0.3) is 0 Å². The lowest BCUT2D eigenvalue weighted by atomic mass is 10.2. The van der Waals surface area contributed by atoms with Crippen molar-refractivity contribution >= 4 is 11.9 Å². The molecule has 0 fully saturated rings. The topological polar surface area (TPSA) is 83.8 Å². The van der Waals surface area contributed by atoms with E-state index in [0.717, 1.165) is 0 Å². The van der Waals surface area contributed by atoms with E-state index < -0.39 is 11.9 Å². The van der Waals surface area contributed by atoms with Crippen LogP contribution in [0.3, 0.4) is 0 Å². The lowest BCUT2D eigenvalue weighted by Crippen LogP contribution is -1.99. The summed E-state index contributed by atoms with van der Waals surface area (Å²) < 4.78 is 5.47. The number of hydrogen-bond donors (Lipinski definition) is 2. The first-order valence-corrected chi connectivity index (χ1v) is 6.93. The Hall–Kier alpha value is -2.56. The summed E-state index contributed by atoms with van der Waals surface area (Å²) in [7, 11) is 0. The summed E-state index contributed by atoms with van der Waals surface area (Å²) in [6.07, 6.45) is 8.34. The van der Waals surface area contributed by atoms with Crippen molar-refractivity contribution in [3.05, 3.63) is 59.6 Å². The van der Waals surface area contributed by atoms with Gasteiger partial charge < -0.3 is 14.9 Å². The quantitative estimate of drug-likeness (QED) is 0.384. The van der Waals surface area contributed by atoms with Gasteiger partial charge in [0.15, 0.2) is 0 Å². The van der Waals surface area contributed by atoms with Crippen molar-refractivity contribution in [2.45, 2.75) is 33.6 Å². The molecule has 120 valence electrons. The van der Waals surface area contributed by atoms with Crippen LogP contribution in [-0.2, 0) is 14.3 Å². The second-order valence-corrected chi connectivity index (χ2v) is 4.29. The fraction of sp³-hybridized carbons (Fsp3) is 0.294. The molecule has 0 saturated heterocycles. The van der Waals surface area contributed by atoms with Gasteiger partial charge in [-0.15, -0.1) is 0 Å². The largest absolute Gasteiger partial charge is 0.478 e. The first-order valence-electron chi connectivity index (χ1n) is 6.93. The molecule has 0 rings (SSSR count). The SMILES string of the molecule is C=C(/C=C\C(=C/C)C(=O)O)O/C(=C/C=C(\CC)C(=O)O)CC. The summed E-state index contributed by atoms with van der Waals surface area (Å²) in [6, 6.07) is 0. The van der Waals surface area contributed by atoms with E-state index in [4.69, 9.17) is 14.9 Å². The van der Waals surface area contributed by atoms with Gasteiger partial charge in [0.05, 0.1) is 5.57 Å². The van der Waals surface area contributed by atoms with Gasteiger partial charge in [-0.05, 0) is 37.6 Å². The van der Waals surface area contributed by atoms with Gasteiger partial charge in [-0.2, -0.15) is 0 Å². The Morgan fingerprint density at radius 2 is 1.68 bits per heavy atom. The van der Waals surface area contributed by atoms with Crippen molar-refractivity contribution in [1.29, 1.82) is 0 Å². The van der Waals surface area contributed by atoms with Gasteiger partial charge in [-0.1, -0.05) is 26.5 Å².